The topological polar surface area (TPSA) is 103 Å². The molecule has 174 valence electrons. The Balaban J connectivity index is 1.61. The van der Waals surface area contributed by atoms with Gasteiger partial charge in [-0.05, 0) is 67.4 Å². The molecule has 0 saturated heterocycles. The molecular formula is C24H26N2O6S. The molecular weight excluding hydrogens is 444 g/mol. The van der Waals surface area contributed by atoms with Crippen molar-refractivity contribution in [1.82, 2.24) is 0 Å². The molecule has 0 bridgehead atoms. The number of methoxy groups -OCH3 is 2. The molecule has 0 spiro atoms. The molecule has 33 heavy (non-hydrogen) atoms. The summed E-state index contributed by atoms with van der Waals surface area (Å²) in [6.07, 6.45) is 0. The van der Waals surface area contributed by atoms with E-state index in [1.165, 1.54) is 38.5 Å². The highest BCUT2D eigenvalue weighted by molar-refractivity contribution is 7.92. The van der Waals surface area contributed by atoms with Gasteiger partial charge in [0.2, 0.25) is 0 Å². The minimum Gasteiger partial charge on any atom is -0.497 e. The highest BCUT2D eigenvalue weighted by atomic mass is 32.2. The first-order valence-corrected chi connectivity index (χ1v) is 11.5. The number of amides is 1. The smallest absolute Gasteiger partial charge is 0.262 e. The van der Waals surface area contributed by atoms with Gasteiger partial charge in [-0.2, -0.15) is 0 Å². The molecule has 0 aromatic heterocycles. The molecule has 0 atom stereocenters. The summed E-state index contributed by atoms with van der Waals surface area (Å²) in [6.45, 7) is 3.47. The fraction of sp³-hybridized carbons (Fsp3) is 0.208. The fourth-order valence-corrected chi connectivity index (χ4v) is 4.12. The lowest BCUT2D eigenvalue weighted by Crippen LogP contribution is -2.20. The molecule has 3 rings (SSSR count). The van der Waals surface area contributed by atoms with Crippen molar-refractivity contribution in [2.24, 2.45) is 0 Å². The van der Waals surface area contributed by atoms with Crippen LogP contribution in [0.4, 0.5) is 11.4 Å². The highest BCUT2D eigenvalue weighted by Crippen LogP contribution is 2.29. The van der Waals surface area contributed by atoms with Gasteiger partial charge < -0.3 is 19.5 Å². The first kappa shape index (κ1) is 23.9. The minimum absolute atomic E-state index is 0.0863. The third-order valence-electron chi connectivity index (χ3n) is 4.82. The Hall–Kier alpha value is -3.72. The average Bonchev–Trinajstić information content (AvgIpc) is 2.80. The van der Waals surface area contributed by atoms with Crippen LogP contribution >= 0.6 is 0 Å². The number of aryl methyl sites for hydroxylation is 2. The van der Waals surface area contributed by atoms with Crippen LogP contribution < -0.4 is 24.2 Å². The maximum Gasteiger partial charge on any atom is 0.262 e. The summed E-state index contributed by atoms with van der Waals surface area (Å²) in [6, 6.07) is 16.4. The van der Waals surface area contributed by atoms with Crippen LogP contribution in [0.5, 0.6) is 17.2 Å². The molecule has 0 aliphatic heterocycles. The molecule has 1 amide bonds. The summed E-state index contributed by atoms with van der Waals surface area (Å²) in [5, 5.41) is 2.71. The first-order chi connectivity index (χ1) is 15.7. The molecule has 3 aromatic rings. The molecule has 0 aliphatic rings. The SMILES string of the molecule is COc1ccc(NC(=O)COc2ccc(S(=O)(=O)Nc3cc(C)ccc3C)cc2)c(OC)c1. The molecule has 9 heteroatoms. The summed E-state index contributed by atoms with van der Waals surface area (Å²) >= 11 is 0. The zero-order valence-electron chi connectivity index (χ0n) is 18.8. The molecule has 0 radical (unpaired) electrons. The van der Waals surface area contributed by atoms with Gasteiger partial charge in [0.05, 0.1) is 30.5 Å². The monoisotopic (exact) mass is 470 g/mol. The summed E-state index contributed by atoms with van der Waals surface area (Å²) in [5.74, 6) is 1.01. The van der Waals surface area contributed by atoms with E-state index in [2.05, 4.69) is 10.0 Å². The Morgan fingerprint density at radius 3 is 2.21 bits per heavy atom. The number of benzene rings is 3. The van der Waals surface area contributed by atoms with E-state index in [0.29, 0.717) is 28.6 Å². The van der Waals surface area contributed by atoms with Gasteiger partial charge in [0.1, 0.15) is 17.2 Å². The van der Waals surface area contributed by atoms with Gasteiger partial charge in [0, 0.05) is 6.07 Å². The second kappa shape index (κ2) is 10.3. The molecule has 0 saturated carbocycles. The van der Waals surface area contributed by atoms with Gasteiger partial charge in [0.15, 0.2) is 6.61 Å². The number of anilines is 2. The second-order valence-corrected chi connectivity index (χ2v) is 8.98. The third-order valence-corrected chi connectivity index (χ3v) is 6.21. The Morgan fingerprint density at radius 1 is 0.848 bits per heavy atom. The standard InChI is InChI=1S/C24H26N2O6S/c1-16-5-6-17(2)22(13-16)26-33(28,29)20-10-7-18(8-11-20)32-15-24(27)25-21-12-9-19(30-3)14-23(21)31-4/h5-14,26H,15H2,1-4H3,(H,25,27). The van der Waals surface area contributed by atoms with Crippen molar-refractivity contribution in [2.75, 3.05) is 30.9 Å². The number of ether oxygens (including phenoxy) is 3. The lowest BCUT2D eigenvalue weighted by molar-refractivity contribution is -0.118. The van der Waals surface area contributed by atoms with E-state index in [9.17, 15) is 13.2 Å². The fourth-order valence-electron chi connectivity index (χ4n) is 3.00. The lowest BCUT2D eigenvalue weighted by Gasteiger charge is -2.13. The van der Waals surface area contributed by atoms with Crippen molar-refractivity contribution in [1.29, 1.82) is 0 Å². The molecule has 3 aromatic carbocycles. The van der Waals surface area contributed by atoms with E-state index in [1.807, 2.05) is 26.0 Å². The van der Waals surface area contributed by atoms with Gasteiger partial charge in [-0.1, -0.05) is 12.1 Å². The van der Waals surface area contributed by atoms with E-state index in [4.69, 9.17) is 14.2 Å². The van der Waals surface area contributed by atoms with E-state index in [1.54, 1.807) is 24.3 Å². The molecule has 0 fully saturated rings. The zero-order valence-corrected chi connectivity index (χ0v) is 19.7. The van der Waals surface area contributed by atoms with E-state index >= 15 is 0 Å². The van der Waals surface area contributed by atoms with Gasteiger partial charge in [-0.25, -0.2) is 8.42 Å². The summed E-state index contributed by atoms with van der Waals surface area (Å²) < 4.78 is 43.9. The summed E-state index contributed by atoms with van der Waals surface area (Å²) in [4.78, 5) is 12.4. The van der Waals surface area contributed by atoms with E-state index in [-0.39, 0.29) is 11.5 Å². The van der Waals surface area contributed by atoms with Crippen LogP contribution in [0.25, 0.3) is 0 Å². The number of hydrogen-bond acceptors (Lipinski definition) is 6. The largest absolute Gasteiger partial charge is 0.497 e. The van der Waals surface area contributed by atoms with Gasteiger partial charge in [0.25, 0.3) is 15.9 Å². The zero-order chi connectivity index (χ0) is 24.0. The van der Waals surface area contributed by atoms with E-state index in [0.717, 1.165) is 11.1 Å². The van der Waals surface area contributed by atoms with Crippen LogP contribution in [0.15, 0.2) is 65.6 Å². The van der Waals surface area contributed by atoms with Crippen LogP contribution in [0, 0.1) is 13.8 Å². The normalized spacial score (nSPS) is 10.9. The number of sulfonamides is 1. The van der Waals surface area contributed by atoms with Crippen molar-refractivity contribution in [3.8, 4) is 17.2 Å². The maximum atomic E-state index is 12.7. The number of rotatable bonds is 9. The van der Waals surface area contributed by atoms with Crippen LogP contribution in [0.3, 0.4) is 0 Å². The second-order valence-electron chi connectivity index (χ2n) is 7.30. The summed E-state index contributed by atoms with van der Waals surface area (Å²) in [5.41, 5.74) is 2.78. The van der Waals surface area contributed by atoms with Crippen molar-refractivity contribution in [3.05, 3.63) is 71.8 Å². The third kappa shape index (κ3) is 6.17. The Bertz CT molecular complexity index is 1240. The summed E-state index contributed by atoms with van der Waals surface area (Å²) in [7, 11) is -0.733. The average molecular weight is 471 g/mol. The highest BCUT2D eigenvalue weighted by Gasteiger charge is 2.16. The molecule has 2 N–H and O–H groups in total. The molecule has 8 nitrogen and oxygen atoms in total. The predicted molar refractivity (Wildman–Crippen MR) is 127 cm³/mol. The minimum atomic E-state index is -3.76. The Kier molecular flexibility index (Phi) is 7.44. The number of carbonyl (C=O) groups is 1. The first-order valence-electron chi connectivity index (χ1n) is 10.1. The van der Waals surface area contributed by atoms with Crippen molar-refractivity contribution in [2.45, 2.75) is 18.7 Å². The van der Waals surface area contributed by atoms with E-state index < -0.39 is 15.9 Å². The van der Waals surface area contributed by atoms with Gasteiger partial charge in [-0.3, -0.25) is 9.52 Å². The quantitative estimate of drug-likeness (QED) is 0.487. The van der Waals surface area contributed by atoms with Crippen LogP contribution in [0.1, 0.15) is 11.1 Å². The van der Waals surface area contributed by atoms with Gasteiger partial charge in [-0.15, -0.1) is 0 Å². The maximum absolute atomic E-state index is 12.7. The number of hydrogen-bond donors (Lipinski definition) is 2. The van der Waals surface area contributed by atoms with Crippen molar-refractivity contribution >= 4 is 27.3 Å². The van der Waals surface area contributed by atoms with Crippen molar-refractivity contribution < 1.29 is 27.4 Å². The predicted octanol–water partition coefficient (Wildman–Crippen LogP) is 4.14. The number of carbonyl (C=O) groups excluding carboxylic acids is 1. The van der Waals surface area contributed by atoms with Crippen molar-refractivity contribution in [3.63, 3.8) is 0 Å². The Morgan fingerprint density at radius 2 is 1.55 bits per heavy atom. The number of nitrogens with one attached hydrogen (secondary N) is 2. The molecule has 0 aliphatic carbocycles. The molecule has 0 heterocycles. The van der Waals surface area contributed by atoms with Crippen LogP contribution in [-0.2, 0) is 14.8 Å². The molecule has 0 unspecified atom stereocenters. The van der Waals surface area contributed by atoms with Crippen LogP contribution in [0.2, 0.25) is 0 Å². The lowest BCUT2D eigenvalue weighted by atomic mass is 10.1. The van der Waals surface area contributed by atoms with Gasteiger partial charge >= 0.3 is 0 Å². The van der Waals surface area contributed by atoms with Crippen LogP contribution in [-0.4, -0.2) is 35.2 Å². The Labute approximate surface area is 193 Å².